The van der Waals surface area contributed by atoms with Gasteiger partial charge >= 0.3 is 6.36 Å². The van der Waals surface area contributed by atoms with Crippen LogP contribution in [0.4, 0.5) is 24.7 Å². The van der Waals surface area contributed by atoms with Crippen LogP contribution >= 0.6 is 0 Å². The first-order valence-electron chi connectivity index (χ1n) is 8.52. The molecule has 0 spiro atoms. The van der Waals surface area contributed by atoms with Crippen molar-refractivity contribution in [2.45, 2.75) is 12.8 Å². The van der Waals surface area contributed by atoms with Crippen LogP contribution < -0.4 is 10.1 Å². The van der Waals surface area contributed by atoms with Gasteiger partial charge in [0.05, 0.1) is 23.2 Å². The number of anilines is 1. The minimum atomic E-state index is -4.77. The number of alkyl halides is 3. The smallest absolute Gasteiger partial charge is 0.406 e. The van der Waals surface area contributed by atoms with E-state index in [1.807, 2.05) is 6.07 Å². The molecule has 1 aliphatic heterocycles. The second kappa shape index (κ2) is 7.34. The summed E-state index contributed by atoms with van der Waals surface area (Å²) in [6.07, 6.45) is -0.0238. The fourth-order valence-corrected chi connectivity index (χ4v) is 2.99. The Hall–Kier alpha value is -3.75. The largest absolute Gasteiger partial charge is 0.573 e. The zero-order chi connectivity index (χ0) is 20.4. The standard InChI is InChI=1S/C20H13F3N4O2/c21-20(22,23)29-14-5-1-3-12(9-14)16-10-13-4-2-6-15(18(13)26-16)19(28)27-17-11-24-7-8-25-17/h1-9,11H,10H2,(H,25,27,28). The molecule has 0 unspecified atom stereocenters. The molecule has 29 heavy (non-hydrogen) atoms. The number of hydrogen-bond donors (Lipinski definition) is 1. The maximum atomic E-state index is 12.6. The first kappa shape index (κ1) is 18.6. The number of aromatic nitrogens is 2. The molecule has 1 N–H and O–H groups in total. The highest BCUT2D eigenvalue weighted by molar-refractivity contribution is 6.13. The lowest BCUT2D eigenvalue weighted by molar-refractivity contribution is -0.274. The highest BCUT2D eigenvalue weighted by Crippen LogP contribution is 2.34. The molecule has 0 atom stereocenters. The Morgan fingerprint density at radius 2 is 1.93 bits per heavy atom. The van der Waals surface area contributed by atoms with E-state index >= 15 is 0 Å². The Bertz CT molecular complexity index is 1100. The number of fused-ring (bicyclic) bond motifs is 1. The van der Waals surface area contributed by atoms with Crippen molar-refractivity contribution < 1.29 is 22.7 Å². The van der Waals surface area contributed by atoms with Gasteiger partial charge in [-0.2, -0.15) is 0 Å². The summed E-state index contributed by atoms with van der Waals surface area (Å²) in [5, 5.41) is 2.65. The fourth-order valence-electron chi connectivity index (χ4n) is 2.99. The number of carbonyl (C=O) groups excluding carboxylic acids is 1. The van der Waals surface area contributed by atoms with Crippen LogP contribution in [0.5, 0.6) is 5.75 Å². The summed E-state index contributed by atoms with van der Waals surface area (Å²) < 4.78 is 41.4. The molecule has 2 heterocycles. The molecule has 0 saturated heterocycles. The molecule has 3 aromatic rings. The highest BCUT2D eigenvalue weighted by atomic mass is 19.4. The van der Waals surface area contributed by atoms with Gasteiger partial charge in [0.15, 0.2) is 5.82 Å². The number of nitrogens with zero attached hydrogens (tertiary/aromatic N) is 3. The highest BCUT2D eigenvalue weighted by Gasteiger charge is 2.31. The molecule has 1 aromatic heterocycles. The van der Waals surface area contributed by atoms with Gasteiger partial charge in [-0.15, -0.1) is 13.2 Å². The maximum absolute atomic E-state index is 12.6. The third kappa shape index (κ3) is 4.23. The van der Waals surface area contributed by atoms with Crippen LogP contribution in [0, 0.1) is 0 Å². The van der Waals surface area contributed by atoms with E-state index in [0.29, 0.717) is 34.8 Å². The lowest BCUT2D eigenvalue weighted by atomic mass is 10.0. The predicted molar refractivity (Wildman–Crippen MR) is 99.5 cm³/mol. The zero-order valence-electron chi connectivity index (χ0n) is 14.8. The van der Waals surface area contributed by atoms with Crippen molar-refractivity contribution >= 4 is 23.1 Å². The molecule has 2 aromatic carbocycles. The van der Waals surface area contributed by atoms with Gasteiger partial charge in [0, 0.05) is 18.8 Å². The number of para-hydroxylation sites is 1. The fraction of sp³-hybridized carbons (Fsp3) is 0.100. The summed E-state index contributed by atoms with van der Waals surface area (Å²) >= 11 is 0. The Labute approximate surface area is 163 Å². The van der Waals surface area contributed by atoms with Crippen LogP contribution in [0.2, 0.25) is 0 Å². The molecule has 0 saturated carbocycles. The van der Waals surface area contributed by atoms with Crippen molar-refractivity contribution in [1.82, 2.24) is 9.97 Å². The van der Waals surface area contributed by atoms with Gasteiger partial charge in [-0.25, -0.2) is 4.98 Å². The summed E-state index contributed by atoms with van der Waals surface area (Å²) in [7, 11) is 0. The van der Waals surface area contributed by atoms with Crippen molar-refractivity contribution in [3.8, 4) is 5.75 Å². The van der Waals surface area contributed by atoms with E-state index in [2.05, 4.69) is 25.0 Å². The summed E-state index contributed by atoms with van der Waals surface area (Å²) in [6.45, 7) is 0. The summed E-state index contributed by atoms with van der Waals surface area (Å²) in [6, 6.07) is 10.8. The topological polar surface area (TPSA) is 76.5 Å². The number of nitrogens with one attached hydrogen (secondary N) is 1. The van der Waals surface area contributed by atoms with Gasteiger partial charge < -0.3 is 10.1 Å². The van der Waals surface area contributed by atoms with Gasteiger partial charge in [-0.05, 0) is 29.3 Å². The monoisotopic (exact) mass is 398 g/mol. The third-order valence-electron chi connectivity index (χ3n) is 4.17. The van der Waals surface area contributed by atoms with Crippen molar-refractivity contribution in [2.24, 2.45) is 4.99 Å². The molecular formula is C20H13F3N4O2. The molecule has 0 radical (unpaired) electrons. The van der Waals surface area contributed by atoms with Crippen LogP contribution in [0.3, 0.4) is 0 Å². The van der Waals surface area contributed by atoms with Gasteiger partial charge in [0.25, 0.3) is 5.91 Å². The van der Waals surface area contributed by atoms with E-state index in [9.17, 15) is 18.0 Å². The normalized spacial score (nSPS) is 12.9. The van der Waals surface area contributed by atoms with Gasteiger partial charge in [0.2, 0.25) is 0 Å². The van der Waals surface area contributed by atoms with E-state index < -0.39 is 12.3 Å². The summed E-state index contributed by atoms with van der Waals surface area (Å²) in [5.41, 5.74) is 2.65. The maximum Gasteiger partial charge on any atom is 0.573 e. The minimum absolute atomic E-state index is 0.300. The van der Waals surface area contributed by atoms with Crippen LogP contribution in [-0.2, 0) is 6.42 Å². The molecule has 0 bridgehead atoms. The van der Waals surface area contributed by atoms with Crippen LogP contribution in [0.25, 0.3) is 0 Å². The molecule has 4 rings (SSSR count). The van der Waals surface area contributed by atoms with Gasteiger partial charge in [-0.3, -0.25) is 14.8 Å². The van der Waals surface area contributed by atoms with Gasteiger partial charge in [0.1, 0.15) is 5.75 Å². The number of halogens is 3. The number of rotatable bonds is 4. The average molecular weight is 398 g/mol. The summed E-state index contributed by atoms with van der Waals surface area (Å²) in [5.74, 6) is -0.426. The Morgan fingerprint density at radius 3 is 2.69 bits per heavy atom. The number of carbonyl (C=O) groups is 1. The molecule has 1 amide bonds. The van der Waals surface area contributed by atoms with E-state index in [1.54, 1.807) is 18.2 Å². The molecule has 9 heteroatoms. The van der Waals surface area contributed by atoms with E-state index in [4.69, 9.17) is 0 Å². The van der Waals surface area contributed by atoms with Gasteiger partial charge in [-0.1, -0.05) is 24.3 Å². The lowest BCUT2D eigenvalue weighted by Crippen LogP contribution is -2.17. The minimum Gasteiger partial charge on any atom is -0.406 e. The molecule has 146 valence electrons. The Balaban J connectivity index is 1.62. The molecule has 0 aliphatic carbocycles. The number of ether oxygens (including phenoxy) is 1. The van der Waals surface area contributed by atoms with E-state index in [-0.39, 0.29) is 5.75 Å². The lowest BCUT2D eigenvalue weighted by Gasteiger charge is -2.09. The SMILES string of the molecule is O=C(Nc1cnccn1)c1cccc2c1N=C(c1cccc(OC(F)(F)F)c1)C2. The van der Waals surface area contributed by atoms with Crippen molar-refractivity contribution in [3.63, 3.8) is 0 Å². The van der Waals surface area contributed by atoms with E-state index in [0.717, 1.165) is 5.56 Å². The first-order chi connectivity index (χ1) is 13.9. The van der Waals surface area contributed by atoms with Crippen LogP contribution in [0.15, 0.2) is 66.0 Å². The number of amides is 1. The van der Waals surface area contributed by atoms with E-state index in [1.165, 1.54) is 36.8 Å². The zero-order valence-corrected chi connectivity index (χ0v) is 14.8. The average Bonchev–Trinajstić information content (AvgIpc) is 3.12. The number of benzene rings is 2. The van der Waals surface area contributed by atoms with Crippen LogP contribution in [-0.4, -0.2) is 27.9 Å². The Kier molecular flexibility index (Phi) is 4.71. The summed E-state index contributed by atoms with van der Waals surface area (Å²) in [4.78, 5) is 25.0. The first-order valence-corrected chi connectivity index (χ1v) is 8.52. The molecule has 0 fully saturated rings. The molecule has 1 aliphatic rings. The number of hydrogen-bond acceptors (Lipinski definition) is 5. The quantitative estimate of drug-likeness (QED) is 0.711. The van der Waals surface area contributed by atoms with Crippen LogP contribution in [0.1, 0.15) is 21.5 Å². The van der Waals surface area contributed by atoms with Crippen molar-refractivity contribution in [1.29, 1.82) is 0 Å². The second-order valence-electron chi connectivity index (χ2n) is 6.17. The second-order valence-corrected chi connectivity index (χ2v) is 6.17. The van der Waals surface area contributed by atoms with Crippen molar-refractivity contribution in [3.05, 3.63) is 77.7 Å². The molecular weight excluding hydrogens is 385 g/mol. The number of aliphatic imine (C=N–C) groups is 1. The predicted octanol–water partition coefficient (Wildman–Crippen LogP) is 4.30. The Morgan fingerprint density at radius 1 is 1.10 bits per heavy atom. The third-order valence-corrected chi connectivity index (χ3v) is 4.17. The molecule has 6 nitrogen and oxygen atoms in total. The van der Waals surface area contributed by atoms with Crippen molar-refractivity contribution in [2.75, 3.05) is 5.32 Å².